The third-order valence-corrected chi connectivity index (χ3v) is 2.70. The second kappa shape index (κ2) is 6.20. The summed E-state index contributed by atoms with van der Waals surface area (Å²) in [6.07, 6.45) is -5.34. The van der Waals surface area contributed by atoms with Gasteiger partial charge in [-0.15, -0.1) is 0 Å². The van der Waals surface area contributed by atoms with Crippen molar-refractivity contribution in [1.82, 2.24) is 0 Å². The Bertz CT molecular complexity index is 377. The van der Waals surface area contributed by atoms with Gasteiger partial charge in [0.05, 0.1) is 11.7 Å². The average Bonchev–Trinajstić information content (AvgIpc) is 2.28. The van der Waals surface area contributed by atoms with Crippen molar-refractivity contribution < 1.29 is 23.0 Å². The lowest BCUT2D eigenvalue weighted by atomic mass is 9.95. The molecule has 0 aliphatic carbocycles. The van der Waals surface area contributed by atoms with Gasteiger partial charge in [-0.3, -0.25) is 0 Å². The molecule has 0 aromatic heterocycles. The maximum atomic E-state index is 12.8. The molecule has 1 rings (SSSR count). The van der Waals surface area contributed by atoms with E-state index in [1.165, 1.54) is 25.3 Å². The van der Waals surface area contributed by atoms with Crippen molar-refractivity contribution in [3.05, 3.63) is 35.4 Å². The van der Waals surface area contributed by atoms with Crippen molar-refractivity contribution in [3.8, 4) is 0 Å². The summed E-state index contributed by atoms with van der Waals surface area (Å²) in [6.45, 7) is 2.23. The normalized spacial score (nSPS) is 15.4. The molecule has 2 nitrogen and oxygen atoms in total. The summed E-state index contributed by atoms with van der Waals surface area (Å²) in [6, 6.07) is 5.11. The summed E-state index contributed by atoms with van der Waals surface area (Å²) in [5.74, 6) is -0.00807. The number of ether oxygens (including phenoxy) is 1. The molecule has 0 aliphatic rings. The summed E-state index contributed by atoms with van der Waals surface area (Å²) in [7, 11) is 1.52. The van der Waals surface area contributed by atoms with Crippen LogP contribution in [0, 0.1) is 5.92 Å². The van der Waals surface area contributed by atoms with Crippen LogP contribution in [0.5, 0.6) is 0 Å². The van der Waals surface area contributed by atoms with E-state index in [9.17, 15) is 18.3 Å². The highest BCUT2D eigenvalue weighted by Crippen LogP contribution is 2.36. The lowest BCUT2D eigenvalue weighted by Crippen LogP contribution is -2.15. The maximum Gasteiger partial charge on any atom is 0.416 e. The van der Waals surface area contributed by atoms with Crippen LogP contribution in [0.4, 0.5) is 13.2 Å². The summed E-state index contributed by atoms with van der Waals surface area (Å²) in [5, 5.41) is 9.91. The number of benzene rings is 1. The van der Waals surface area contributed by atoms with Crippen molar-refractivity contribution in [2.75, 3.05) is 13.7 Å². The van der Waals surface area contributed by atoms with Crippen LogP contribution < -0.4 is 0 Å². The monoisotopic (exact) mass is 262 g/mol. The van der Waals surface area contributed by atoms with Crippen LogP contribution in [0.1, 0.15) is 30.6 Å². The fourth-order valence-electron chi connectivity index (χ4n) is 1.91. The predicted molar refractivity (Wildman–Crippen MR) is 62.1 cm³/mol. The van der Waals surface area contributed by atoms with E-state index in [4.69, 9.17) is 4.74 Å². The minimum absolute atomic E-state index is 0.00807. The summed E-state index contributed by atoms with van der Waals surface area (Å²) in [4.78, 5) is 0. The Labute approximate surface area is 104 Å². The number of alkyl halides is 3. The zero-order chi connectivity index (χ0) is 13.8. The van der Waals surface area contributed by atoms with Gasteiger partial charge < -0.3 is 9.84 Å². The molecule has 0 amide bonds. The van der Waals surface area contributed by atoms with Gasteiger partial charge in [0.2, 0.25) is 0 Å². The minimum Gasteiger partial charge on any atom is -0.388 e. The lowest BCUT2D eigenvalue weighted by molar-refractivity contribution is -0.139. The number of aliphatic hydroxyl groups is 1. The molecular formula is C13H17F3O2. The molecule has 0 fully saturated rings. The number of hydrogen-bond acceptors (Lipinski definition) is 2. The minimum atomic E-state index is -4.44. The van der Waals surface area contributed by atoms with Gasteiger partial charge >= 0.3 is 6.18 Å². The van der Waals surface area contributed by atoms with E-state index in [0.29, 0.717) is 6.61 Å². The molecule has 2 unspecified atom stereocenters. The highest BCUT2D eigenvalue weighted by molar-refractivity contribution is 5.31. The summed E-state index contributed by atoms with van der Waals surface area (Å²) < 4.78 is 43.2. The second-order valence-electron chi connectivity index (χ2n) is 4.40. The fraction of sp³-hybridized carbons (Fsp3) is 0.538. The Hall–Kier alpha value is -1.07. The first-order valence-corrected chi connectivity index (χ1v) is 5.69. The van der Waals surface area contributed by atoms with E-state index in [1.807, 2.05) is 6.92 Å². The van der Waals surface area contributed by atoms with E-state index in [0.717, 1.165) is 6.07 Å². The topological polar surface area (TPSA) is 29.5 Å². The SMILES string of the molecule is COCC(C)CC(O)c1ccccc1C(F)(F)F. The van der Waals surface area contributed by atoms with Gasteiger partial charge in [-0.05, 0) is 24.0 Å². The third kappa shape index (κ3) is 3.99. The van der Waals surface area contributed by atoms with Gasteiger partial charge in [-0.2, -0.15) is 13.2 Å². The quantitative estimate of drug-likeness (QED) is 0.881. The molecule has 0 heterocycles. The molecule has 0 saturated heterocycles. The van der Waals surface area contributed by atoms with Crippen LogP contribution in [0.2, 0.25) is 0 Å². The number of methoxy groups -OCH3 is 1. The smallest absolute Gasteiger partial charge is 0.388 e. The number of rotatable bonds is 5. The van der Waals surface area contributed by atoms with E-state index in [-0.39, 0.29) is 17.9 Å². The molecule has 0 saturated carbocycles. The van der Waals surface area contributed by atoms with Gasteiger partial charge in [-0.25, -0.2) is 0 Å². The van der Waals surface area contributed by atoms with Gasteiger partial charge in [0.1, 0.15) is 0 Å². The Morgan fingerprint density at radius 2 is 1.89 bits per heavy atom. The van der Waals surface area contributed by atoms with E-state index in [1.54, 1.807) is 0 Å². The molecule has 0 radical (unpaired) electrons. The summed E-state index contributed by atoms with van der Waals surface area (Å²) in [5.41, 5.74) is -0.852. The lowest BCUT2D eigenvalue weighted by Gasteiger charge is -2.20. The fourth-order valence-corrected chi connectivity index (χ4v) is 1.91. The molecule has 102 valence electrons. The Balaban J connectivity index is 2.89. The van der Waals surface area contributed by atoms with Gasteiger partial charge in [-0.1, -0.05) is 25.1 Å². The molecule has 0 aliphatic heterocycles. The molecule has 1 N–H and O–H groups in total. The average molecular weight is 262 g/mol. The van der Waals surface area contributed by atoms with Crippen molar-refractivity contribution >= 4 is 0 Å². The van der Waals surface area contributed by atoms with Crippen molar-refractivity contribution in [3.63, 3.8) is 0 Å². The van der Waals surface area contributed by atoms with Gasteiger partial charge in [0.15, 0.2) is 0 Å². The van der Waals surface area contributed by atoms with Crippen molar-refractivity contribution in [2.45, 2.75) is 25.6 Å². The summed E-state index contributed by atoms with van der Waals surface area (Å²) >= 11 is 0. The molecule has 0 spiro atoms. The largest absolute Gasteiger partial charge is 0.416 e. The van der Waals surface area contributed by atoms with Crippen LogP contribution in [0.15, 0.2) is 24.3 Å². The molecule has 1 aromatic carbocycles. The van der Waals surface area contributed by atoms with Gasteiger partial charge in [0.25, 0.3) is 0 Å². The first kappa shape index (κ1) is 15.0. The zero-order valence-corrected chi connectivity index (χ0v) is 10.4. The van der Waals surface area contributed by atoms with Gasteiger partial charge in [0, 0.05) is 13.7 Å². The second-order valence-corrected chi connectivity index (χ2v) is 4.40. The van der Waals surface area contributed by atoms with Crippen LogP contribution in [0.3, 0.4) is 0 Å². The Morgan fingerprint density at radius 3 is 2.44 bits per heavy atom. The zero-order valence-electron chi connectivity index (χ0n) is 10.4. The van der Waals surface area contributed by atoms with Crippen LogP contribution in [-0.2, 0) is 10.9 Å². The highest BCUT2D eigenvalue weighted by Gasteiger charge is 2.34. The van der Waals surface area contributed by atoms with Crippen molar-refractivity contribution in [2.24, 2.45) is 5.92 Å². The van der Waals surface area contributed by atoms with Crippen LogP contribution in [-0.4, -0.2) is 18.8 Å². The maximum absolute atomic E-state index is 12.8. The van der Waals surface area contributed by atoms with Crippen molar-refractivity contribution in [1.29, 1.82) is 0 Å². The molecule has 18 heavy (non-hydrogen) atoms. The third-order valence-electron chi connectivity index (χ3n) is 2.70. The van der Waals surface area contributed by atoms with E-state index in [2.05, 4.69) is 0 Å². The van der Waals surface area contributed by atoms with Crippen LogP contribution >= 0.6 is 0 Å². The van der Waals surface area contributed by atoms with E-state index >= 15 is 0 Å². The highest BCUT2D eigenvalue weighted by atomic mass is 19.4. The Morgan fingerprint density at radius 1 is 1.28 bits per heavy atom. The van der Waals surface area contributed by atoms with Crippen LogP contribution in [0.25, 0.3) is 0 Å². The number of hydrogen-bond donors (Lipinski definition) is 1. The molecule has 2 atom stereocenters. The number of halogens is 3. The molecular weight excluding hydrogens is 245 g/mol. The predicted octanol–water partition coefficient (Wildman–Crippen LogP) is 3.41. The Kier molecular flexibility index (Phi) is 5.16. The molecule has 1 aromatic rings. The molecule has 0 bridgehead atoms. The van der Waals surface area contributed by atoms with E-state index < -0.39 is 17.8 Å². The first-order valence-electron chi connectivity index (χ1n) is 5.69. The molecule has 5 heteroatoms. The standard InChI is InChI=1S/C13H17F3O2/c1-9(8-18-2)7-12(17)10-5-3-4-6-11(10)13(14,15)16/h3-6,9,12,17H,7-8H2,1-2H3. The first-order chi connectivity index (χ1) is 8.36. The number of aliphatic hydroxyl groups excluding tert-OH is 1.